The summed E-state index contributed by atoms with van der Waals surface area (Å²) in [5.74, 6) is -1.56. The highest BCUT2D eigenvalue weighted by molar-refractivity contribution is 7.89. The third kappa shape index (κ3) is 3.11. The van der Waals surface area contributed by atoms with Crippen molar-refractivity contribution in [1.29, 1.82) is 0 Å². The van der Waals surface area contributed by atoms with Crippen molar-refractivity contribution in [2.45, 2.75) is 4.90 Å². The van der Waals surface area contributed by atoms with E-state index in [4.69, 9.17) is 4.74 Å². The zero-order valence-electron chi connectivity index (χ0n) is 14.6. The van der Waals surface area contributed by atoms with Gasteiger partial charge in [0.15, 0.2) is 6.29 Å². The number of aromatic amines is 1. The molecule has 1 saturated heterocycles. The minimum absolute atomic E-state index is 0.0253. The van der Waals surface area contributed by atoms with E-state index in [1.807, 2.05) is 0 Å². The van der Waals surface area contributed by atoms with Gasteiger partial charge in [-0.2, -0.15) is 4.31 Å². The highest BCUT2D eigenvalue weighted by Crippen LogP contribution is 2.33. The largest absolute Gasteiger partial charge is 0.379 e. The molecule has 4 rings (SSSR count). The summed E-state index contributed by atoms with van der Waals surface area (Å²) in [6.45, 7) is 1.14. The van der Waals surface area contributed by atoms with Crippen LogP contribution in [0.1, 0.15) is 10.4 Å². The molecule has 1 fully saturated rings. The molecule has 2 heterocycles. The Morgan fingerprint density at radius 1 is 1.07 bits per heavy atom. The summed E-state index contributed by atoms with van der Waals surface area (Å²) < 4.78 is 59.7. The number of sulfonamides is 1. The molecule has 6 nitrogen and oxygen atoms in total. The molecule has 3 aromatic rings. The number of rotatable bonds is 4. The number of aldehydes is 1. The van der Waals surface area contributed by atoms with Crippen LogP contribution in [0.15, 0.2) is 41.3 Å². The molecule has 1 aliphatic rings. The Morgan fingerprint density at radius 2 is 1.82 bits per heavy atom. The molecular weight excluding hydrogens is 390 g/mol. The second-order valence-electron chi connectivity index (χ2n) is 6.38. The van der Waals surface area contributed by atoms with Crippen LogP contribution in [-0.4, -0.2) is 50.3 Å². The average Bonchev–Trinajstić information content (AvgIpc) is 3.06. The number of aromatic nitrogens is 1. The van der Waals surface area contributed by atoms with E-state index in [9.17, 15) is 22.0 Å². The third-order valence-electron chi connectivity index (χ3n) is 4.74. The molecule has 146 valence electrons. The Bertz CT molecular complexity index is 1170. The molecule has 0 radical (unpaired) electrons. The highest BCUT2D eigenvalue weighted by atomic mass is 32.2. The SMILES string of the molecule is O=Cc1c(-c2ccc(F)cc2F)[nH]c2ccc(S(=O)(=O)N3CCOCC3)cc12. The number of morpholine rings is 1. The van der Waals surface area contributed by atoms with Gasteiger partial charge in [0.1, 0.15) is 11.6 Å². The molecule has 0 bridgehead atoms. The van der Waals surface area contributed by atoms with Gasteiger partial charge in [-0.3, -0.25) is 4.79 Å². The molecule has 0 atom stereocenters. The minimum Gasteiger partial charge on any atom is -0.379 e. The first-order chi connectivity index (χ1) is 13.4. The average molecular weight is 406 g/mol. The smallest absolute Gasteiger partial charge is 0.243 e. The fourth-order valence-corrected chi connectivity index (χ4v) is 4.75. The topological polar surface area (TPSA) is 79.5 Å². The molecule has 0 saturated carbocycles. The first kappa shape index (κ1) is 18.7. The Kier molecular flexibility index (Phi) is 4.74. The molecule has 0 amide bonds. The van der Waals surface area contributed by atoms with E-state index in [1.54, 1.807) is 0 Å². The fraction of sp³-hybridized carbons (Fsp3) is 0.211. The summed E-state index contributed by atoms with van der Waals surface area (Å²) in [6, 6.07) is 7.40. The number of halogens is 2. The summed E-state index contributed by atoms with van der Waals surface area (Å²) in [5, 5.41) is 0.350. The second-order valence-corrected chi connectivity index (χ2v) is 8.32. The number of nitrogens with one attached hydrogen (secondary N) is 1. The number of benzene rings is 2. The van der Waals surface area contributed by atoms with Gasteiger partial charge in [0, 0.05) is 41.2 Å². The predicted molar refractivity (Wildman–Crippen MR) is 98.6 cm³/mol. The van der Waals surface area contributed by atoms with Gasteiger partial charge in [0.2, 0.25) is 10.0 Å². The highest BCUT2D eigenvalue weighted by Gasteiger charge is 2.27. The van der Waals surface area contributed by atoms with Gasteiger partial charge in [0.25, 0.3) is 0 Å². The van der Waals surface area contributed by atoms with Crippen molar-refractivity contribution >= 4 is 27.2 Å². The van der Waals surface area contributed by atoms with Gasteiger partial charge in [-0.05, 0) is 30.3 Å². The van der Waals surface area contributed by atoms with Crippen molar-refractivity contribution in [2.75, 3.05) is 26.3 Å². The van der Waals surface area contributed by atoms with E-state index in [2.05, 4.69) is 4.98 Å². The maximum Gasteiger partial charge on any atom is 0.243 e. The predicted octanol–water partition coefficient (Wildman–Crippen LogP) is 2.95. The first-order valence-electron chi connectivity index (χ1n) is 8.56. The Hall–Kier alpha value is -2.62. The van der Waals surface area contributed by atoms with Crippen LogP contribution in [0.5, 0.6) is 0 Å². The minimum atomic E-state index is -3.75. The lowest BCUT2D eigenvalue weighted by Gasteiger charge is -2.26. The monoisotopic (exact) mass is 406 g/mol. The normalized spacial score (nSPS) is 15.8. The van der Waals surface area contributed by atoms with Crippen molar-refractivity contribution in [3.8, 4) is 11.3 Å². The molecule has 0 spiro atoms. The van der Waals surface area contributed by atoms with E-state index < -0.39 is 21.7 Å². The number of hydrogen-bond acceptors (Lipinski definition) is 4. The Morgan fingerprint density at radius 3 is 2.50 bits per heavy atom. The molecule has 9 heteroatoms. The molecule has 0 aliphatic carbocycles. The number of fused-ring (bicyclic) bond motifs is 1. The van der Waals surface area contributed by atoms with Crippen molar-refractivity contribution < 1.29 is 26.7 Å². The number of H-pyrrole nitrogens is 1. The number of hydrogen-bond donors (Lipinski definition) is 1. The molecule has 2 aromatic carbocycles. The van der Waals surface area contributed by atoms with E-state index in [1.165, 1.54) is 28.6 Å². The number of nitrogens with zero attached hydrogens (tertiary/aromatic N) is 1. The van der Waals surface area contributed by atoms with Crippen LogP contribution in [0.25, 0.3) is 22.2 Å². The zero-order valence-corrected chi connectivity index (χ0v) is 15.4. The van der Waals surface area contributed by atoms with Crippen LogP contribution >= 0.6 is 0 Å². The Labute approximate surface area is 159 Å². The molecular formula is C19H16F2N2O4S. The maximum absolute atomic E-state index is 14.2. The molecule has 28 heavy (non-hydrogen) atoms. The summed E-state index contributed by atoms with van der Waals surface area (Å²) in [4.78, 5) is 14.7. The molecule has 0 unspecified atom stereocenters. The lowest BCUT2D eigenvalue weighted by molar-refractivity contribution is 0.0730. The van der Waals surface area contributed by atoms with Gasteiger partial charge in [-0.25, -0.2) is 17.2 Å². The van der Waals surface area contributed by atoms with Gasteiger partial charge in [-0.15, -0.1) is 0 Å². The van der Waals surface area contributed by atoms with Gasteiger partial charge in [-0.1, -0.05) is 0 Å². The summed E-state index contributed by atoms with van der Waals surface area (Å²) in [7, 11) is -3.75. The standard InChI is InChI=1S/C19H16F2N2O4S/c20-12-1-3-14(17(21)9-12)19-16(11-24)15-10-13(2-4-18(15)22-19)28(25,26)23-5-7-27-8-6-23/h1-4,9-11,22H,5-8H2. The van der Waals surface area contributed by atoms with Crippen LogP contribution < -0.4 is 0 Å². The summed E-state index contributed by atoms with van der Waals surface area (Å²) >= 11 is 0. The van der Waals surface area contributed by atoms with E-state index >= 15 is 0 Å². The van der Waals surface area contributed by atoms with Crippen LogP contribution in [-0.2, 0) is 14.8 Å². The third-order valence-corrected chi connectivity index (χ3v) is 6.63. The van der Waals surface area contributed by atoms with Crippen molar-refractivity contribution in [3.05, 3.63) is 53.6 Å². The van der Waals surface area contributed by atoms with Crippen molar-refractivity contribution in [2.24, 2.45) is 0 Å². The molecule has 1 aliphatic heterocycles. The first-order valence-corrected chi connectivity index (χ1v) is 10.00. The zero-order chi connectivity index (χ0) is 19.9. The molecule has 1 N–H and O–H groups in total. The van der Waals surface area contributed by atoms with E-state index in [0.29, 0.717) is 30.4 Å². The van der Waals surface area contributed by atoms with Gasteiger partial charge >= 0.3 is 0 Å². The van der Waals surface area contributed by atoms with E-state index in [-0.39, 0.29) is 34.8 Å². The maximum atomic E-state index is 14.2. The van der Waals surface area contributed by atoms with E-state index in [0.717, 1.165) is 12.1 Å². The quantitative estimate of drug-likeness (QED) is 0.676. The number of carbonyl (C=O) groups is 1. The Balaban J connectivity index is 1.85. The fourth-order valence-electron chi connectivity index (χ4n) is 3.32. The van der Waals surface area contributed by atoms with Gasteiger partial charge in [0.05, 0.1) is 23.8 Å². The van der Waals surface area contributed by atoms with Crippen molar-refractivity contribution in [3.63, 3.8) is 0 Å². The lowest BCUT2D eigenvalue weighted by Crippen LogP contribution is -2.40. The lowest BCUT2D eigenvalue weighted by atomic mass is 10.1. The van der Waals surface area contributed by atoms with Gasteiger partial charge < -0.3 is 9.72 Å². The van der Waals surface area contributed by atoms with Crippen LogP contribution in [0.4, 0.5) is 8.78 Å². The summed E-state index contributed by atoms with van der Waals surface area (Å²) in [5.41, 5.74) is 0.780. The van der Waals surface area contributed by atoms with Crippen molar-refractivity contribution in [1.82, 2.24) is 9.29 Å². The summed E-state index contributed by atoms with van der Waals surface area (Å²) in [6.07, 6.45) is 0.530. The van der Waals surface area contributed by atoms with Crippen LogP contribution in [0, 0.1) is 11.6 Å². The van der Waals surface area contributed by atoms with Crippen LogP contribution in [0.2, 0.25) is 0 Å². The molecule has 1 aromatic heterocycles. The second kappa shape index (κ2) is 7.08. The number of ether oxygens (including phenoxy) is 1. The number of carbonyl (C=O) groups excluding carboxylic acids is 1. The van der Waals surface area contributed by atoms with Crippen LogP contribution in [0.3, 0.4) is 0 Å².